The fourth-order valence-corrected chi connectivity index (χ4v) is 5.70. The Labute approximate surface area is 177 Å². The zero-order chi connectivity index (χ0) is 19.9. The summed E-state index contributed by atoms with van der Waals surface area (Å²) < 4.78 is 0. The molecule has 4 aromatic rings. The van der Waals surface area contributed by atoms with Crippen molar-refractivity contribution in [2.45, 2.75) is 32.1 Å². The number of aromatic nitrogens is 2. The molecule has 3 heteroatoms. The van der Waals surface area contributed by atoms with Gasteiger partial charge in [0.25, 0.3) is 0 Å². The molecule has 0 amide bonds. The van der Waals surface area contributed by atoms with E-state index < -0.39 is 0 Å². The van der Waals surface area contributed by atoms with Gasteiger partial charge in [0.05, 0.1) is 0 Å². The largest absolute Gasteiger partial charge is 0.361 e. The van der Waals surface area contributed by atoms with Crippen LogP contribution in [0.25, 0.3) is 33.0 Å². The van der Waals surface area contributed by atoms with Crippen LogP contribution in [0.1, 0.15) is 43.2 Å². The van der Waals surface area contributed by atoms with Gasteiger partial charge >= 0.3 is 0 Å². The maximum atomic E-state index is 3.50. The molecule has 0 atom stereocenters. The molecule has 2 aromatic heterocycles. The Morgan fingerprint density at radius 1 is 0.700 bits per heavy atom. The lowest BCUT2D eigenvalue weighted by Gasteiger charge is -2.27. The second-order valence-electron chi connectivity index (χ2n) is 9.13. The molecule has 3 heterocycles. The molecule has 0 saturated heterocycles. The third kappa shape index (κ3) is 3.09. The fourth-order valence-electron chi connectivity index (χ4n) is 5.70. The number of hydrogen-bond acceptors (Lipinski definition) is 1. The number of benzene rings is 2. The van der Waals surface area contributed by atoms with Crippen LogP contribution in [0.15, 0.2) is 60.9 Å². The zero-order valence-corrected chi connectivity index (χ0v) is 17.5. The normalized spacial score (nSPS) is 18.8. The predicted molar refractivity (Wildman–Crippen MR) is 126 cm³/mol. The van der Waals surface area contributed by atoms with E-state index in [0.29, 0.717) is 0 Å². The van der Waals surface area contributed by atoms with Gasteiger partial charge in [-0.2, -0.15) is 0 Å². The minimum absolute atomic E-state index is 0.866. The first kappa shape index (κ1) is 18.0. The van der Waals surface area contributed by atoms with Crippen LogP contribution >= 0.6 is 0 Å². The van der Waals surface area contributed by atoms with Crippen molar-refractivity contribution >= 4 is 33.0 Å². The van der Waals surface area contributed by atoms with Gasteiger partial charge in [-0.1, -0.05) is 55.7 Å². The zero-order valence-electron chi connectivity index (χ0n) is 17.5. The van der Waals surface area contributed by atoms with Gasteiger partial charge in [-0.05, 0) is 42.0 Å². The molecule has 0 unspecified atom stereocenters. The van der Waals surface area contributed by atoms with E-state index in [1.54, 1.807) is 0 Å². The highest BCUT2D eigenvalue weighted by Crippen LogP contribution is 2.39. The van der Waals surface area contributed by atoms with Gasteiger partial charge in [0.15, 0.2) is 0 Å². The van der Waals surface area contributed by atoms with Gasteiger partial charge in [0.2, 0.25) is 0 Å². The van der Waals surface area contributed by atoms with Crippen LogP contribution in [-0.2, 0) is 0 Å². The van der Waals surface area contributed by atoms with Crippen LogP contribution < -0.4 is 0 Å². The van der Waals surface area contributed by atoms with E-state index in [4.69, 9.17) is 0 Å². The Bertz CT molecular complexity index is 1130. The third-order valence-corrected chi connectivity index (χ3v) is 7.20. The second kappa shape index (κ2) is 7.48. The topological polar surface area (TPSA) is 34.8 Å². The van der Waals surface area contributed by atoms with Crippen molar-refractivity contribution in [1.29, 1.82) is 0 Å². The number of aromatic amines is 2. The Morgan fingerprint density at radius 3 is 1.80 bits per heavy atom. The quantitative estimate of drug-likeness (QED) is 0.409. The first-order valence-electron chi connectivity index (χ1n) is 11.4. The highest BCUT2D eigenvalue weighted by atomic mass is 15.1. The average Bonchev–Trinajstić information content (AvgIpc) is 3.50. The fraction of sp³-hybridized carbons (Fsp3) is 0.333. The molecular weight excluding hydrogens is 366 g/mol. The van der Waals surface area contributed by atoms with Crippen molar-refractivity contribution in [1.82, 2.24) is 14.9 Å². The predicted octanol–water partition coefficient (Wildman–Crippen LogP) is 6.46. The van der Waals surface area contributed by atoms with E-state index in [9.17, 15) is 0 Å². The smallest absolute Gasteiger partial charge is 0.0460 e. The van der Waals surface area contributed by atoms with Gasteiger partial charge in [-0.3, -0.25) is 4.90 Å². The maximum Gasteiger partial charge on any atom is 0.0460 e. The minimum atomic E-state index is 0.866. The molecule has 1 fully saturated rings. The summed E-state index contributed by atoms with van der Waals surface area (Å²) in [5, 5.41) is 2.67. The van der Waals surface area contributed by atoms with Gasteiger partial charge in [0, 0.05) is 65.0 Å². The molecule has 2 N–H and O–H groups in total. The lowest BCUT2D eigenvalue weighted by atomic mass is 9.89. The number of hydrogen-bond donors (Lipinski definition) is 2. The van der Waals surface area contributed by atoms with Crippen LogP contribution in [-0.4, -0.2) is 34.5 Å². The van der Waals surface area contributed by atoms with Crippen LogP contribution in [0.2, 0.25) is 0 Å². The molecule has 1 aliphatic carbocycles. The second-order valence-corrected chi connectivity index (χ2v) is 9.13. The van der Waals surface area contributed by atoms with Crippen molar-refractivity contribution < 1.29 is 0 Å². The molecule has 2 aliphatic rings. The van der Waals surface area contributed by atoms with Crippen LogP contribution in [0.4, 0.5) is 0 Å². The summed E-state index contributed by atoms with van der Waals surface area (Å²) >= 11 is 0. The molecule has 152 valence electrons. The van der Waals surface area contributed by atoms with E-state index in [1.807, 2.05) is 0 Å². The Hall–Kier alpha value is -2.78. The molecule has 0 radical (unpaired) electrons. The maximum absolute atomic E-state index is 3.50. The molecule has 1 saturated carbocycles. The van der Waals surface area contributed by atoms with E-state index in [0.717, 1.165) is 19.0 Å². The molecule has 30 heavy (non-hydrogen) atoms. The summed E-state index contributed by atoms with van der Waals surface area (Å²) in [7, 11) is 0. The summed E-state index contributed by atoms with van der Waals surface area (Å²) in [6, 6.07) is 17.4. The summed E-state index contributed by atoms with van der Waals surface area (Å²) in [4.78, 5) is 9.71. The highest BCUT2D eigenvalue weighted by Gasteiger charge is 2.29. The molecule has 1 aliphatic heterocycles. The average molecular weight is 396 g/mol. The third-order valence-electron chi connectivity index (χ3n) is 7.20. The molecule has 0 spiro atoms. The van der Waals surface area contributed by atoms with Crippen molar-refractivity contribution in [2.75, 3.05) is 19.6 Å². The Balaban J connectivity index is 1.43. The van der Waals surface area contributed by atoms with Gasteiger partial charge in [0.1, 0.15) is 0 Å². The molecule has 3 nitrogen and oxygen atoms in total. The number of nitrogens with zero attached hydrogens (tertiary/aromatic N) is 1. The molecule has 0 bridgehead atoms. The lowest BCUT2D eigenvalue weighted by Crippen LogP contribution is -2.29. The van der Waals surface area contributed by atoms with Crippen LogP contribution in [0, 0.1) is 5.92 Å². The molecular formula is C27H29N3. The van der Waals surface area contributed by atoms with Gasteiger partial charge in [-0.15, -0.1) is 0 Å². The Kier molecular flexibility index (Phi) is 4.49. The van der Waals surface area contributed by atoms with E-state index in [1.165, 1.54) is 82.7 Å². The number of nitrogens with one attached hydrogen (secondary N) is 2. The standard InChI is InChI=1S/C27H29N3/c1-2-8-19(9-3-1)16-30-17-24(22-14-28-26-12-6-4-10-20(22)26)25(18-30)23-15-29-27-13-7-5-11-21(23)27/h4-7,10-15,19,28-29H,1-3,8-9,16-18H2. The van der Waals surface area contributed by atoms with Crippen LogP contribution in [0.5, 0.6) is 0 Å². The monoisotopic (exact) mass is 395 g/mol. The van der Waals surface area contributed by atoms with Gasteiger partial charge in [-0.25, -0.2) is 0 Å². The van der Waals surface area contributed by atoms with Gasteiger partial charge < -0.3 is 9.97 Å². The van der Waals surface area contributed by atoms with Crippen molar-refractivity contribution in [3.63, 3.8) is 0 Å². The lowest BCUT2D eigenvalue weighted by molar-refractivity contribution is 0.243. The molecule has 6 rings (SSSR count). The summed E-state index contributed by atoms with van der Waals surface area (Å²) in [6.07, 6.45) is 11.5. The first-order chi connectivity index (χ1) is 14.9. The number of fused-ring (bicyclic) bond motifs is 2. The van der Waals surface area contributed by atoms with Crippen molar-refractivity contribution in [3.05, 3.63) is 72.1 Å². The summed E-state index contributed by atoms with van der Waals surface area (Å²) in [5.74, 6) is 0.866. The minimum Gasteiger partial charge on any atom is -0.361 e. The number of rotatable bonds is 4. The van der Waals surface area contributed by atoms with Crippen LogP contribution in [0.3, 0.4) is 0 Å². The SMILES string of the molecule is c1ccc2c(C3=C(c4c[nH]c5ccccc45)CN(CC4CCCCC4)C3)c[nH]c2c1. The number of H-pyrrole nitrogens is 2. The first-order valence-corrected chi connectivity index (χ1v) is 11.4. The van der Waals surface area contributed by atoms with Crippen molar-refractivity contribution in [2.24, 2.45) is 5.92 Å². The Morgan fingerprint density at radius 2 is 1.23 bits per heavy atom. The summed E-state index contributed by atoms with van der Waals surface area (Å²) in [6.45, 7) is 3.33. The van der Waals surface area contributed by atoms with E-state index >= 15 is 0 Å². The summed E-state index contributed by atoms with van der Waals surface area (Å²) in [5.41, 5.74) is 8.18. The van der Waals surface area contributed by atoms with E-state index in [-0.39, 0.29) is 0 Å². The number of para-hydroxylation sites is 2. The van der Waals surface area contributed by atoms with E-state index in [2.05, 4.69) is 75.8 Å². The molecule has 2 aromatic carbocycles. The van der Waals surface area contributed by atoms with Crippen molar-refractivity contribution in [3.8, 4) is 0 Å². The highest BCUT2D eigenvalue weighted by molar-refractivity contribution is 6.07.